The molecule has 2 amide bonds. The Bertz CT molecular complexity index is 1320. The molecular formula is C27H32N4O5. The molecule has 3 aliphatic carbocycles. The van der Waals surface area contributed by atoms with E-state index in [2.05, 4.69) is 27.3 Å². The van der Waals surface area contributed by atoms with Crippen molar-refractivity contribution in [1.82, 2.24) is 15.2 Å². The smallest absolute Gasteiger partial charge is 0.261 e. The molecule has 2 heterocycles. The summed E-state index contributed by atoms with van der Waals surface area (Å²) in [5.74, 6) is 0.115. The van der Waals surface area contributed by atoms with E-state index in [0.29, 0.717) is 18.8 Å². The van der Waals surface area contributed by atoms with E-state index in [0.717, 1.165) is 48.5 Å². The van der Waals surface area contributed by atoms with Gasteiger partial charge >= 0.3 is 0 Å². The first-order valence-electron chi connectivity index (χ1n) is 12.7. The van der Waals surface area contributed by atoms with Crippen LogP contribution in [-0.2, 0) is 29.5 Å². The standard InChI is InChI=1S/C27H32N4O5/c1-36-18-5-4-16-9-22-27(35)11-17-8-19(24(33)29-13-23(28)32)25(34)30-21(17)12-26(27,20(16)10-18)6-7-31(22)14-15-2-3-15/h4-5,8,10,15,22,35H,2-3,6-7,9,11-14H2,1H3,(H2,28,32)(H,29,33)(H,30,34)/t22-,26-,27-/m1/s1. The summed E-state index contributed by atoms with van der Waals surface area (Å²) in [6.45, 7) is 1.54. The van der Waals surface area contributed by atoms with E-state index in [1.54, 1.807) is 13.2 Å². The van der Waals surface area contributed by atoms with Crippen LogP contribution in [0.4, 0.5) is 0 Å². The molecule has 2 fully saturated rings. The van der Waals surface area contributed by atoms with Gasteiger partial charge in [-0.1, -0.05) is 6.07 Å². The fraction of sp³-hybridized carbons (Fsp3) is 0.519. The Kier molecular flexibility index (Phi) is 5.28. The molecule has 2 bridgehead atoms. The number of ether oxygens (including phenoxy) is 1. The third kappa shape index (κ3) is 3.48. The van der Waals surface area contributed by atoms with Gasteiger partial charge in [-0.15, -0.1) is 0 Å². The second kappa shape index (κ2) is 8.18. The monoisotopic (exact) mass is 492 g/mol. The zero-order valence-electron chi connectivity index (χ0n) is 20.4. The lowest BCUT2D eigenvalue weighted by molar-refractivity contribution is -0.152. The van der Waals surface area contributed by atoms with Gasteiger partial charge in [-0.25, -0.2) is 0 Å². The number of pyridine rings is 1. The van der Waals surface area contributed by atoms with Crippen molar-refractivity contribution in [1.29, 1.82) is 0 Å². The fourth-order valence-electron chi connectivity index (χ4n) is 6.93. The highest BCUT2D eigenvalue weighted by atomic mass is 16.5. The number of amides is 2. The highest BCUT2D eigenvalue weighted by Crippen LogP contribution is 2.57. The van der Waals surface area contributed by atoms with E-state index >= 15 is 0 Å². The minimum Gasteiger partial charge on any atom is -0.497 e. The maximum Gasteiger partial charge on any atom is 0.261 e. The van der Waals surface area contributed by atoms with Crippen LogP contribution < -0.4 is 21.3 Å². The molecule has 1 aliphatic heterocycles. The van der Waals surface area contributed by atoms with Crippen LogP contribution in [0.5, 0.6) is 5.75 Å². The third-order valence-electron chi connectivity index (χ3n) is 8.90. The number of hydrogen-bond donors (Lipinski definition) is 4. The summed E-state index contributed by atoms with van der Waals surface area (Å²) in [7, 11) is 1.65. The molecule has 190 valence electrons. The molecule has 36 heavy (non-hydrogen) atoms. The normalized spacial score (nSPS) is 28.4. The summed E-state index contributed by atoms with van der Waals surface area (Å²) in [5.41, 5.74) is 6.76. The van der Waals surface area contributed by atoms with Crippen LogP contribution in [0.25, 0.3) is 0 Å². The SMILES string of the molecule is COc1ccc2c(c1)[C@]13CCN(CC4CC4)[C@H](C2)[C@]1(O)Cc1cc(C(=O)NCC(N)=O)c(=O)[nH]c1C3. The number of fused-ring (bicyclic) bond motifs is 2. The van der Waals surface area contributed by atoms with Crippen LogP contribution in [0.2, 0.25) is 0 Å². The number of methoxy groups -OCH3 is 1. The molecular weight excluding hydrogens is 460 g/mol. The number of hydrogen-bond acceptors (Lipinski definition) is 6. The van der Waals surface area contributed by atoms with Gasteiger partial charge < -0.3 is 25.9 Å². The molecule has 4 aliphatic rings. The Labute approximate surface area is 209 Å². The van der Waals surface area contributed by atoms with Crippen LogP contribution in [0.3, 0.4) is 0 Å². The lowest BCUT2D eigenvalue weighted by Gasteiger charge is -2.63. The molecule has 9 heteroatoms. The average Bonchev–Trinajstić information content (AvgIpc) is 3.66. The number of aromatic nitrogens is 1. The van der Waals surface area contributed by atoms with Gasteiger partial charge in [-0.2, -0.15) is 0 Å². The molecule has 6 rings (SSSR count). The minimum absolute atomic E-state index is 0.0556. The van der Waals surface area contributed by atoms with Crippen molar-refractivity contribution in [2.24, 2.45) is 11.7 Å². The lowest BCUT2D eigenvalue weighted by atomic mass is 9.49. The van der Waals surface area contributed by atoms with Gasteiger partial charge in [-0.3, -0.25) is 19.3 Å². The predicted molar refractivity (Wildman–Crippen MR) is 132 cm³/mol. The molecule has 9 nitrogen and oxygen atoms in total. The topological polar surface area (TPSA) is 138 Å². The van der Waals surface area contributed by atoms with Crippen LogP contribution in [0, 0.1) is 5.92 Å². The number of H-pyrrole nitrogens is 1. The van der Waals surface area contributed by atoms with Crippen molar-refractivity contribution in [3.8, 4) is 5.75 Å². The van der Waals surface area contributed by atoms with Crippen LogP contribution in [0.15, 0.2) is 29.1 Å². The number of nitrogens with two attached hydrogens (primary N) is 1. The number of aromatic amines is 1. The van der Waals surface area contributed by atoms with E-state index in [1.165, 1.54) is 18.4 Å². The van der Waals surface area contributed by atoms with E-state index in [1.807, 2.05) is 6.07 Å². The molecule has 1 saturated heterocycles. The number of likely N-dealkylation sites (tertiary alicyclic amines) is 1. The van der Waals surface area contributed by atoms with Crippen LogP contribution >= 0.6 is 0 Å². The van der Waals surface area contributed by atoms with Crippen molar-refractivity contribution in [2.75, 3.05) is 26.7 Å². The molecule has 0 unspecified atom stereocenters. The molecule has 0 spiro atoms. The summed E-state index contributed by atoms with van der Waals surface area (Å²) >= 11 is 0. The van der Waals surface area contributed by atoms with Crippen molar-refractivity contribution in [2.45, 2.75) is 55.6 Å². The number of nitrogens with one attached hydrogen (secondary N) is 2. The molecule has 2 aromatic rings. The van der Waals surface area contributed by atoms with Gasteiger partial charge in [0.25, 0.3) is 11.5 Å². The number of benzene rings is 1. The summed E-state index contributed by atoms with van der Waals surface area (Å²) in [4.78, 5) is 42.0. The Hall–Kier alpha value is -3.17. The first-order valence-corrected chi connectivity index (χ1v) is 12.7. The lowest BCUT2D eigenvalue weighted by Crippen LogP contribution is -2.74. The molecule has 5 N–H and O–H groups in total. The van der Waals surface area contributed by atoms with E-state index in [9.17, 15) is 19.5 Å². The number of primary amides is 1. The van der Waals surface area contributed by atoms with Crippen molar-refractivity contribution in [3.05, 3.63) is 62.6 Å². The number of rotatable bonds is 6. The Morgan fingerprint density at radius 3 is 2.78 bits per heavy atom. The van der Waals surface area contributed by atoms with E-state index < -0.39 is 28.4 Å². The maximum absolute atomic E-state index is 12.9. The number of carbonyl (C=O) groups excluding carboxylic acids is 2. The fourth-order valence-corrected chi connectivity index (χ4v) is 6.93. The van der Waals surface area contributed by atoms with Gasteiger partial charge in [0.1, 0.15) is 11.3 Å². The van der Waals surface area contributed by atoms with Gasteiger partial charge in [-0.05, 0) is 73.0 Å². The molecule has 1 saturated carbocycles. The highest BCUT2D eigenvalue weighted by Gasteiger charge is 2.64. The second-order valence-electron chi connectivity index (χ2n) is 11.0. The van der Waals surface area contributed by atoms with Gasteiger partial charge in [0.15, 0.2) is 0 Å². The summed E-state index contributed by atoms with van der Waals surface area (Å²) in [6, 6.07) is 7.68. The minimum atomic E-state index is -1.06. The Balaban J connectivity index is 1.46. The van der Waals surface area contributed by atoms with E-state index in [4.69, 9.17) is 10.5 Å². The summed E-state index contributed by atoms with van der Waals surface area (Å²) in [5, 5.41) is 15.1. The molecule has 1 aromatic carbocycles. The first-order chi connectivity index (χ1) is 17.2. The molecule has 3 atom stereocenters. The zero-order chi connectivity index (χ0) is 25.2. The number of carbonyl (C=O) groups is 2. The first kappa shape index (κ1) is 23.2. The van der Waals surface area contributed by atoms with Crippen molar-refractivity contribution >= 4 is 11.8 Å². The van der Waals surface area contributed by atoms with Crippen molar-refractivity contribution < 1.29 is 19.4 Å². The maximum atomic E-state index is 12.9. The highest BCUT2D eigenvalue weighted by molar-refractivity contribution is 5.96. The second-order valence-corrected chi connectivity index (χ2v) is 11.0. The van der Waals surface area contributed by atoms with Gasteiger partial charge in [0.05, 0.1) is 19.3 Å². The Morgan fingerprint density at radius 1 is 1.25 bits per heavy atom. The Morgan fingerprint density at radius 2 is 2.06 bits per heavy atom. The van der Waals surface area contributed by atoms with Gasteiger partial charge in [0, 0.05) is 36.5 Å². The quantitative estimate of drug-likeness (QED) is 0.461. The van der Waals surface area contributed by atoms with Gasteiger partial charge in [0.2, 0.25) is 5.91 Å². The molecule has 0 radical (unpaired) electrons. The zero-order valence-corrected chi connectivity index (χ0v) is 20.4. The number of piperidine rings is 1. The van der Waals surface area contributed by atoms with Crippen LogP contribution in [-0.4, -0.2) is 65.2 Å². The number of aliphatic hydroxyl groups is 1. The average molecular weight is 493 g/mol. The van der Waals surface area contributed by atoms with Crippen molar-refractivity contribution in [3.63, 3.8) is 0 Å². The predicted octanol–water partition coefficient (Wildman–Crippen LogP) is 0.407. The summed E-state index contributed by atoms with van der Waals surface area (Å²) < 4.78 is 5.55. The third-order valence-corrected chi connectivity index (χ3v) is 8.90. The number of nitrogens with zero attached hydrogens (tertiary/aromatic N) is 1. The largest absolute Gasteiger partial charge is 0.497 e. The molecule has 1 aromatic heterocycles. The van der Waals surface area contributed by atoms with Crippen LogP contribution in [0.1, 0.15) is 52.0 Å². The van der Waals surface area contributed by atoms with E-state index in [-0.39, 0.29) is 18.2 Å². The summed E-state index contributed by atoms with van der Waals surface area (Å²) in [6.07, 6.45) is 4.82.